The van der Waals surface area contributed by atoms with Crippen molar-refractivity contribution in [2.75, 3.05) is 32.6 Å². The van der Waals surface area contributed by atoms with Crippen molar-refractivity contribution in [2.24, 2.45) is 5.73 Å². The van der Waals surface area contributed by atoms with E-state index in [4.69, 9.17) is 15.2 Å². The van der Waals surface area contributed by atoms with E-state index in [1.165, 1.54) is 21.1 Å². The number of nitrogens with zero attached hydrogens (tertiary/aromatic N) is 1. The van der Waals surface area contributed by atoms with Crippen LogP contribution < -0.4 is 20.5 Å². The summed E-state index contributed by atoms with van der Waals surface area (Å²) in [7, 11) is 2.97. The summed E-state index contributed by atoms with van der Waals surface area (Å²) in [6, 6.07) is 13.1. The lowest BCUT2D eigenvalue weighted by atomic mass is 9.95. The maximum absolute atomic E-state index is 13.1. The van der Waals surface area contributed by atoms with Crippen LogP contribution in [0.15, 0.2) is 42.5 Å². The van der Waals surface area contributed by atoms with Gasteiger partial charge in [-0.05, 0) is 17.7 Å². The first-order chi connectivity index (χ1) is 13.4. The Kier molecular flexibility index (Phi) is 5.84. The van der Waals surface area contributed by atoms with Crippen molar-refractivity contribution in [1.29, 1.82) is 0 Å². The smallest absolute Gasteiger partial charge is 0.254 e. The molecule has 2 atom stereocenters. The Morgan fingerprint density at radius 1 is 1.11 bits per heavy atom. The van der Waals surface area contributed by atoms with Crippen LogP contribution in [0.4, 0.5) is 5.69 Å². The van der Waals surface area contributed by atoms with E-state index in [-0.39, 0.29) is 23.8 Å². The lowest BCUT2D eigenvalue weighted by Crippen LogP contribution is -2.32. The summed E-state index contributed by atoms with van der Waals surface area (Å²) < 4.78 is 10.7. The highest BCUT2D eigenvalue weighted by atomic mass is 16.5. The molecule has 0 saturated carbocycles. The van der Waals surface area contributed by atoms with Crippen LogP contribution in [0.2, 0.25) is 0 Å². The molecule has 1 aliphatic heterocycles. The van der Waals surface area contributed by atoms with Crippen LogP contribution in [0.5, 0.6) is 11.5 Å². The minimum atomic E-state index is -0.266. The van der Waals surface area contributed by atoms with Gasteiger partial charge in [0.05, 0.1) is 19.9 Å². The fourth-order valence-electron chi connectivity index (χ4n) is 3.60. The molecule has 1 saturated heterocycles. The molecule has 0 spiro atoms. The molecular weight excluding hydrogens is 358 g/mol. The number of hydrogen-bond acceptors (Lipinski definition) is 5. The summed E-state index contributed by atoms with van der Waals surface area (Å²) in [5, 5.41) is 2.69. The number of nitrogens with one attached hydrogen (secondary N) is 1. The highest BCUT2D eigenvalue weighted by Gasteiger charge is 2.34. The number of carbonyl (C=O) groups excluding carboxylic acids is 2. The minimum Gasteiger partial charge on any atom is -0.493 e. The van der Waals surface area contributed by atoms with Gasteiger partial charge in [0.2, 0.25) is 5.91 Å². The Bertz CT molecular complexity index is 869. The molecule has 1 heterocycles. The molecule has 7 heteroatoms. The Labute approximate surface area is 164 Å². The molecule has 0 radical (unpaired) electrons. The number of hydrogen-bond donors (Lipinski definition) is 2. The molecule has 3 N–H and O–H groups in total. The molecule has 7 nitrogen and oxygen atoms in total. The number of nitrogens with two attached hydrogens (primary N) is 1. The van der Waals surface area contributed by atoms with Crippen LogP contribution in [0.3, 0.4) is 0 Å². The molecule has 0 bridgehead atoms. The van der Waals surface area contributed by atoms with Gasteiger partial charge in [0, 0.05) is 37.5 Å². The Hall–Kier alpha value is -3.06. The number of anilines is 1. The van der Waals surface area contributed by atoms with Gasteiger partial charge in [0.15, 0.2) is 11.5 Å². The zero-order chi connectivity index (χ0) is 20.3. The average molecular weight is 383 g/mol. The van der Waals surface area contributed by atoms with Gasteiger partial charge in [-0.1, -0.05) is 30.3 Å². The number of methoxy groups -OCH3 is 2. The van der Waals surface area contributed by atoms with Gasteiger partial charge in [-0.15, -0.1) is 0 Å². The zero-order valence-corrected chi connectivity index (χ0v) is 16.3. The van der Waals surface area contributed by atoms with Gasteiger partial charge >= 0.3 is 0 Å². The van der Waals surface area contributed by atoms with Crippen molar-refractivity contribution in [3.05, 3.63) is 53.6 Å². The third kappa shape index (κ3) is 3.94. The molecule has 0 aromatic heterocycles. The van der Waals surface area contributed by atoms with Gasteiger partial charge in [0.25, 0.3) is 5.91 Å². The van der Waals surface area contributed by atoms with Crippen molar-refractivity contribution in [3.63, 3.8) is 0 Å². The second-order valence-electron chi connectivity index (χ2n) is 6.83. The van der Waals surface area contributed by atoms with E-state index < -0.39 is 0 Å². The van der Waals surface area contributed by atoms with Crippen LogP contribution in [-0.2, 0) is 4.79 Å². The number of amides is 2. The second-order valence-corrected chi connectivity index (χ2v) is 6.83. The molecule has 1 fully saturated rings. The second kappa shape index (κ2) is 8.31. The quantitative estimate of drug-likeness (QED) is 0.826. The van der Waals surface area contributed by atoms with E-state index in [0.717, 1.165) is 5.56 Å². The first-order valence-electron chi connectivity index (χ1n) is 9.08. The topological polar surface area (TPSA) is 93.9 Å². The van der Waals surface area contributed by atoms with Crippen LogP contribution in [0.1, 0.15) is 28.8 Å². The predicted octanol–water partition coefficient (Wildman–Crippen LogP) is 2.23. The van der Waals surface area contributed by atoms with E-state index in [9.17, 15) is 9.59 Å². The Morgan fingerprint density at radius 2 is 1.82 bits per heavy atom. The first-order valence-corrected chi connectivity index (χ1v) is 9.08. The summed E-state index contributed by atoms with van der Waals surface area (Å²) in [4.78, 5) is 26.4. The Balaban J connectivity index is 1.89. The maximum atomic E-state index is 13.1. The van der Waals surface area contributed by atoms with Crippen molar-refractivity contribution < 1.29 is 19.1 Å². The summed E-state index contributed by atoms with van der Waals surface area (Å²) in [5.74, 6) is 0.397. The molecule has 2 aromatic rings. The number of rotatable bonds is 5. The molecule has 3 rings (SSSR count). The molecule has 0 unspecified atom stereocenters. The molecule has 28 heavy (non-hydrogen) atoms. The van der Waals surface area contributed by atoms with Crippen LogP contribution >= 0.6 is 0 Å². The molecule has 1 aliphatic rings. The van der Waals surface area contributed by atoms with Gasteiger partial charge in [0.1, 0.15) is 0 Å². The summed E-state index contributed by atoms with van der Waals surface area (Å²) >= 11 is 0. The molecule has 0 aliphatic carbocycles. The first kappa shape index (κ1) is 19.7. The van der Waals surface area contributed by atoms with Gasteiger partial charge in [-0.25, -0.2) is 0 Å². The summed E-state index contributed by atoms with van der Waals surface area (Å²) in [6.45, 7) is 2.39. The number of ether oxygens (including phenoxy) is 2. The van der Waals surface area contributed by atoms with Crippen molar-refractivity contribution in [1.82, 2.24) is 4.90 Å². The van der Waals surface area contributed by atoms with Crippen LogP contribution in [-0.4, -0.2) is 50.1 Å². The van der Waals surface area contributed by atoms with Gasteiger partial charge < -0.3 is 25.4 Å². The van der Waals surface area contributed by atoms with Crippen molar-refractivity contribution >= 4 is 17.5 Å². The van der Waals surface area contributed by atoms with E-state index in [1.807, 2.05) is 30.3 Å². The van der Waals surface area contributed by atoms with Crippen LogP contribution in [0.25, 0.3) is 0 Å². The van der Waals surface area contributed by atoms with Gasteiger partial charge in [-0.3, -0.25) is 9.59 Å². The largest absolute Gasteiger partial charge is 0.493 e. The third-order valence-electron chi connectivity index (χ3n) is 4.92. The van der Waals surface area contributed by atoms with Crippen LogP contribution in [0, 0.1) is 0 Å². The highest BCUT2D eigenvalue weighted by molar-refractivity contribution is 5.99. The van der Waals surface area contributed by atoms with E-state index in [2.05, 4.69) is 5.32 Å². The monoisotopic (exact) mass is 383 g/mol. The van der Waals surface area contributed by atoms with E-state index in [0.29, 0.717) is 35.8 Å². The van der Waals surface area contributed by atoms with E-state index >= 15 is 0 Å². The standard InChI is InChI=1S/C21H25N3O4/c1-13(25)23-18-9-15(10-19(27-2)20(18)28-3)21(26)24-11-16(17(22)12-24)14-7-5-4-6-8-14/h4-10,16-17H,11-12,22H2,1-3H3,(H,23,25)/t16-,17+/m0/s1. The van der Waals surface area contributed by atoms with E-state index in [1.54, 1.807) is 17.0 Å². The zero-order valence-electron chi connectivity index (χ0n) is 16.3. The predicted molar refractivity (Wildman–Crippen MR) is 107 cm³/mol. The fourth-order valence-corrected chi connectivity index (χ4v) is 3.60. The molecule has 148 valence electrons. The SMILES string of the molecule is COc1cc(C(=O)N2C[C@@H](N)[C@H](c3ccccc3)C2)cc(NC(C)=O)c1OC. The Morgan fingerprint density at radius 3 is 2.43 bits per heavy atom. The number of likely N-dealkylation sites (tertiary alicyclic amines) is 1. The third-order valence-corrected chi connectivity index (χ3v) is 4.92. The maximum Gasteiger partial charge on any atom is 0.254 e. The normalized spacial score (nSPS) is 18.6. The minimum absolute atomic E-state index is 0.0834. The van der Waals surface area contributed by atoms with Crippen molar-refractivity contribution in [3.8, 4) is 11.5 Å². The highest BCUT2D eigenvalue weighted by Crippen LogP contribution is 2.37. The lowest BCUT2D eigenvalue weighted by Gasteiger charge is -2.19. The van der Waals surface area contributed by atoms with Gasteiger partial charge in [-0.2, -0.15) is 0 Å². The van der Waals surface area contributed by atoms with Crippen molar-refractivity contribution in [2.45, 2.75) is 18.9 Å². The lowest BCUT2D eigenvalue weighted by molar-refractivity contribution is -0.114. The fraction of sp³-hybridized carbons (Fsp3) is 0.333. The summed E-state index contributed by atoms with van der Waals surface area (Å²) in [6.07, 6.45) is 0. The molecular formula is C21H25N3O4. The number of carbonyl (C=O) groups is 2. The average Bonchev–Trinajstić information content (AvgIpc) is 3.08. The summed E-state index contributed by atoms with van der Waals surface area (Å²) in [5.41, 5.74) is 8.24. The number of benzene rings is 2. The molecule has 2 amide bonds. The molecule has 2 aromatic carbocycles.